The summed E-state index contributed by atoms with van der Waals surface area (Å²) in [5.74, 6) is -0.568. The molecule has 0 bridgehead atoms. The molecule has 2 aromatic rings. The first-order valence-corrected chi connectivity index (χ1v) is 9.17. The summed E-state index contributed by atoms with van der Waals surface area (Å²) < 4.78 is 0. The molecule has 1 saturated heterocycles. The summed E-state index contributed by atoms with van der Waals surface area (Å²) in [6, 6.07) is 12.3. The highest BCUT2D eigenvalue weighted by Crippen LogP contribution is 2.42. The third kappa shape index (κ3) is 2.80. The van der Waals surface area contributed by atoms with Gasteiger partial charge < -0.3 is 10.2 Å². The normalized spacial score (nSPS) is 20.7. The summed E-state index contributed by atoms with van der Waals surface area (Å²) in [5, 5.41) is 3.93. The molecule has 0 spiro atoms. The van der Waals surface area contributed by atoms with Crippen LogP contribution in [0.4, 0.5) is 11.4 Å². The molecule has 2 amide bonds. The van der Waals surface area contributed by atoms with E-state index in [0.29, 0.717) is 31.4 Å². The molecule has 0 aromatic heterocycles. The summed E-state index contributed by atoms with van der Waals surface area (Å²) in [4.78, 5) is 31.4. The zero-order valence-corrected chi connectivity index (χ0v) is 15.7. The number of thioether (sulfide) groups is 1. The zero-order valence-electron chi connectivity index (χ0n) is 13.4. The third-order valence-corrected chi connectivity index (χ3v) is 5.56. The lowest BCUT2D eigenvalue weighted by atomic mass is 10.1. The standard InChI is InChI=1S/C18H11Cl2N3O2S/c1-23-13-5-3-2-4-10(13)14(17(23)25)15-16(24)22-18(26-15)21-12-7-6-9(19)8-11(12)20/h2-8H,1H3,(H,21,22,24)/b15-14+. The first-order valence-electron chi connectivity index (χ1n) is 7.60. The fraction of sp³-hybridized carbons (Fsp3) is 0.0556. The maximum atomic E-state index is 12.7. The van der Waals surface area contributed by atoms with E-state index in [9.17, 15) is 9.59 Å². The van der Waals surface area contributed by atoms with Crippen LogP contribution < -0.4 is 10.2 Å². The van der Waals surface area contributed by atoms with Crippen LogP contribution in [0, 0.1) is 0 Å². The van der Waals surface area contributed by atoms with E-state index in [1.165, 1.54) is 4.90 Å². The smallest absolute Gasteiger partial charge is 0.264 e. The first-order chi connectivity index (χ1) is 12.5. The number of hydrogen-bond acceptors (Lipinski definition) is 4. The molecule has 26 heavy (non-hydrogen) atoms. The molecule has 2 aromatic carbocycles. The fourth-order valence-electron chi connectivity index (χ4n) is 2.81. The van der Waals surface area contributed by atoms with Gasteiger partial charge in [-0.25, -0.2) is 4.99 Å². The van der Waals surface area contributed by atoms with Crippen molar-refractivity contribution in [1.29, 1.82) is 0 Å². The Balaban J connectivity index is 1.76. The predicted molar refractivity (Wildman–Crippen MR) is 106 cm³/mol. The Morgan fingerprint density at radius 3 is 2.65 bits per heavy atom. The molecule has 130 valence electrons. The predicted octanol–water partition coefficient (Wildman–Crippen LogP) is 4.23. The van der Waals surface area contributed by atoms with Gasteiger partial charge in [-0.2, -0.15) is 0 Å². The number of hydrogen-bond donors (Lipinski definition) is 1. The number of nitrogens with zero attached hydrogens (tertiary/aromatic N) is 2. The van der Waals surface area contributed by atoms with Crippen LogP contribution in [0.2, 0.25) is 10.0 Å². The van der Waals surface area contributed by atoms with Crippen LogP contribution in [-0.2, 0) is 9.59 Å². The van der Waals surface area contributed by atoms with Gasteiger partial charge in [0.05, 0.1) is 26.9 Å². The second-order valence-electron chi connectivity index (χ2n) is 5.65. The van der Waals surface area contributed by atoms with E-state index in [4.69, 9.17) is 23.2 Å². The molecule has 0 atom stereocenters. The van der Waals surface area contributed by atoms with E-state index in [-0.39, 0.29) is 11.8 Å². The lowest BCUT2D eigenvalue weighted by Crippen LogP contribution is -2.23. The summed E-state index contributed by atoms with van der Waals surface area (Å²) in [6.45, 7) is 0. The molecule has 0 aliphatic carbocycles. The van der Waals surface area contributed by atoms with Crippen LogP contribution in [-0.4, -0.2) is 24.0 Å². The lowest BCUT2D eigenvalue weighted by molar-refractivity contribution is -0.116. The zero-order chi connectivity index (χ0) is 18.4. The molecule has 4 rings (SSSR count). The van der Waals surface area contributed by atoms with Crippen molar-refractivity contribution in [2.45, 2.75) is 0 Å². The molecule has 2 aliphatic rings. The third-order valence-electron chi connectivity index (χ3n) is 4.04. The van der Waals surface area contributed by atoms with Gasteiger partial charge in [-0.15, -0.1) is 0 Å². The van der Waals surface area contributed by atoms with Gasteiger partial charge in [-0.1, -0.05) is 41.4 Å². The Labute approximate surface area is 163 Å². The molecule has 8 heteroatoms. The van der Waals surface area contributed by atoms with Gasteiger partial charge >= 0.3 is 0 Å². The number of nitrogens with one attached hydrogen (secondary N) is 1. The first kappa shape index (κ1) is 17.1. The van der Waals surface area contributed by atoms with E-state index in [2.05, 4.69) is 10.3 Å². The summed E-state index contributed by atoms with van der Waals surface area (Å²) >= 11 is 13.1. The highest BCUT2D eigenvalue weighted by atomic mass is 35.5. The number of halogens is 2. The van der Waals surface area contributed by atoms with Crippen LogP contribution in [0.25, 0.3) is 5.57 Å². The number of para-hydroxylation sites is 1. The average Bonchev–Trinajstić information content (AvgIpc) is 3.08. The molecule has 0 saturated carbocycles. The number of benzene rings is 2. The summed E-state index contributed by atoms with van der Waals surface area (Å²) in [7, 11) is 1.69. The van der Waals surface area contributed by atoms with Crippen LogP contribution in [0.5, 0.6) is 0 Å². The SMILES string of the molecule is CN1C(=O)/C(=C2/SC(=Nc3ccc(Cl)cc3Cl)NC2=O)c2ccccc21. The lowest BCUT2D eigenvalue weighted by Gasteiger charge is -2.08. The van der Waals surface area contributed by atoms with E-state index in [1.54, 1.807) is 25.2 Å². The minimum atomic E-state index is -0.354. The second-order valence-corrected chi connectivity index (χ2v) is 7.50. The van der Waals surface area contributed by atoms with Gasteiger partial charge in [-0.3, -0.25) is 9.59 Å². The quantitative estimate of drug-likeness (QED) is 0.724. The highest BCUT2D eigenvalue weighted by Gasteiger charge is 2.37. The molecular weight excluding hydrogens is 393 g/mol. The van der Waals surface area contributed by atoms with Crippen LogP contribution in [0.3, 0.4) is 0 Å². The Morgan fingerprint density at radius 1 is 1.12 bits per heavy atom. The van der Waals surface area contributed by atoms with Crippen LogP contribution >= 0.6 is 35.0 Å². The van der Waals surface area contributed by atoms with Gasteiger partial charge in [0.15, 0.2) is 5.17 Å². The Morgan fingerprint density at radius 2 is 1.88 bits per heavy atom. The number of carbonyl (C=O) groups is 2. The largest absolute Gasteiger partial charge is 0.311 e. The number of amides is 2. The molecule has 1 N–H and O–H groups in total. The molecule has 0 unspecified atom stereocenters. The number of amidine groups is 1. The van der Waals surface area contributed by atoms with Crippen molar-refractivity contribution in [2.75, 3.05) is 11.9 Å². The van der Waals surface area contributed by atoms with E-state index >= 15 is 0 Å². The fourth-order valence-corrected chi connectivity index (χ4v) is 4.18. The molecular formula is C18H11Cl2N3O2S. The van der Waals surface area contributed by atoms with Crippen molar-refractivity contribution < 1.29 is 9.59 Å². The maximum absolute atomic E-state index is 12.7. The van der Waals surface area contributed by atoms with Gasteiger partial charge in [0.1, 0.15) is 0 Å². The van der Waals surface area contributed by atoms with Crippen molar-refractivity contribution >= 4 is 68.9 Å². The molecule has 2 aliphatic heterocycles. The van der Waals surface area contributed by atoms with Gasteiger partial charge in [0.25, 0.3) is 11.8 Å². The number of rotatable bonds is 1. The van der Waals surface area contributed by atoms with E-state index < -0.39 is 0 Å². The monoisotopic (exact) mass is 403 g/mol. The second kappa shape index (κ2) is 6.46. The topological polar surface area (TPSA) is 61.8 Å². The van der Waals surface area contributed by atoms with Crippen molar-refractivity contribution in [3.63, 3.8) is 0 Å². The van der Waals surface area contributed by atoms with Gasteiger partial charge in [0, 0.05) is 17.6 Å². The molecule has 2 heterocycles. The van der Waals surface area contributed by atoms with Crippen molar-refractivity contribution in [3.8, 4) is 0 Å². The van der Waals surface area contributed by atoms with E-state index in [1.807, 2.05) is 24.3 Å². The van der Waals surface area contributed by atoms with Crippen LogP contribution in [0.15, 0.2) is 52.4 Å². The minimum Gasteiger partial charge on any atom is -0.311 e. The number of aliphatic imine (C=N–C) groups is 1. The van der Waals surface area contributed by atoms with E-state index in [0.717, 1.165) is 23.0 Å². The average molecular weight is 404 g/mol. The molecule has 5 nitrogen and oxygen atoms in total. The van der Waals surface area contributed by atoms with Gasteiger partial charge in [-0.05, 0) is 36.0 Å². The van der Waals surface area contributed by atoms with Crippen molar-refractivity contribution in [3.05, 3.63) is 63.0 Å². The number of carbonyl (C=O) groups excluding carboxylic acids is 2. The highest BCUT2D eigenvalue weighted by molar-refractivity contribution is 8.18. The number of likely N-dealkylation sites (N-methyl/N-ethyl adjacent to an activating group) is 1. The summed E-state index contributed by atoms with van der Waals surface area (Å²) in [5.41, 5.74) is 2.39. The summed E-state index contributed by atoms with van der Waals surface area (Å²) in [6.07, 6.45) is 0. The molecule has 0 radical (unpaired) electrons. The van der Waals surface area contributed by atoms with Gasteiger partial charge in [0.2, 0.25) is 0 Å². The van der Waals surface area contributed by atoms with Crippen molar-refractivity contribution in [1.82, 2.24) is 5.32 Å². The molecule has 1 fully saturated rings. The van der Waals surface area contributed by atoms with Crippen LogP contribution in [0.1, 0.15) is 5.56 Å². The maximum Gasteiger partial charge on any atom is 0.264 e. The Bertz CT molecular complexity index is 1030. The minimum absolute atomic E-state index is 0.213. The Hall–Kier alpha value is -2.28. The Kier molecular flexibility index (Phi) is 4.26. The van der Waals surface area contributed by atoms with Crippen molar-refractivity contribution in [2.24, 2.45) is 4.99 Å². The number of anilines is 1. The number of fused-ring (bicyclic) bond motifs is 1.